The summed E-state index contributed by atoms with van der Waals surface area (Å²) in [6.07, 6.45) is 11.8. The van der Waals surface area contributed by atoms with Crippen LogP contribution in [0.5, 0.6) is 23.5 Å². The largest absolute Gasteiger partial charge is 0.486 e. The standard InChI is InChI=1S/2C33H34ClF3N6O2/c2*1-16-28-18-5-4-17(10-18)13-43(28)31-24-27(39-32(40-31)44-15-33-8-3-9-42(33)14-20(35)11-33)26(37)23(25(34)30(24)45-16)22-21(36)7-6-19-12-38-41(2)29(19)22/h2*6-7,12,16-18,20,28H,3-5,8-11,13-15H2,1-2H3/t2*16-,17-,18+,20+,28+,33-/m00/s1. The molecule has 4 aromatic carbocycles. The molecule has 4 aromatic heterocycles. The fraction of sp³-hybridized carbons (Fsp3) is 0.545. The zero-order valence-corrected chi connectivity index (χ0v) is 51.9. The Labute approximate surface area is 525 Å². The number of rotatable bonds is 8. The summed E-state index contributed by atoms with van der Waals surface area (Å²) in [5.74, 6) is 0.485. The molecule has 0 unspecified atom stereocenters. The first kappa shape index (κ1) is 57.3. The Morgan fingerprint density at radius 1 is 0.578 bits per heavy atom. The van der Waals surface area contributed by atoms with E-state index in [9.17, 15) is 8.78 Å². The molecule has 0 amide bonds. The third-order valence-corrected chi connectivity index (χ3v) is 23.1. The van der Waals surface area contributed by atoms with Crippen LogP contribution in [0.25, 0.3) is 65.9 Å². The summed E-state index contributed by atoms with van der Waals surface area (Å²) < 4.78 is 124. The molecule has 90 heavy (non-hydrogen) atoms. The zero-order chi connectivity index (χ0) is 61.5. The predicted octanol–water partition coefficient (Wildman–Crippen LogP) is 12.9. The van der Waals surface area contributed by atoms with Crippen LogP contribution in [0, 0.1) is 46.9 Å². The molecule has 4 bridgehead atoms. The first-order valence-corrected chi connectivity index (χ1v) is 32.8. The van der Waals surface area contributed by atoms with E-state index in [2.05, 4.69) is 39.8 Å². The molecule has 8 aliphatic heterocycles. The Bertz CT molecular complexity index is 4040. The van der Waals surface area contributed by atoms with Gasteiger partial charge in [0, 0.05) is 86.1 Å². The van der Waals surface area contributed by atoms with Crippen molar-refractivity contribution in [3.05, 3.63) is 70.0 Å². The van der Waals surface area contributed by atoms with Crippen molar-refractivity contribution in [1.29, 1.82) is 0 Å². The highest BCUT2D eigenvalue weighted by Gasteiger charge is 2.53. The number of hydrogen-bond donors (Lipinski definition) is 0. The van der Waals surface area contributed by atoms with E-state index >= 15 is 17.6 Å². The highest BCUT2D eigenvalue weighted by Crippen LogP contribution is 2.57. The normalized spacial score (nSPS) is 30.5. The fourth-order valence-electron chi connectivity index (χ4n) is 18.7. The van der Waals surface area contributed by atoms with Gasteiger partial charge >= 0.3 is 12.0 Å². The molecule has 0 N–H and O–H groups in total. The Morgan fingerprint density at radius 3 is 1.44 bits per heavy atom. The Kier molecular flexibility index (Phi) is 13.3. The molecule has 16 nitrogen and oxygen atoms in total. The average Bonchev–Trinajstić information content (AvgIpc) is 1.22. The molecule has 8 aromatic rings. The van der Waals surface area contributed by atoms with Gasteiger partial charge in [-0.2, -0.15) is 30.1 Å². The third-order valence-electron chi connectivity index (χ3n) is 22.4. The minimum Gasteiger partial charge on any atom is -0.486 e. The average molecular weight is 1280 g/mol. The van der Waals surface area contributed by atoms with Crippen molar-refractivity contribution in [2.45, 2.75) is 139 Å². The van der Waals surface area contributed by atoms with Crippen molar-refractivity contribution in [2.75, 3.05) is 62.3 Å². The van der Waals surface area contributed by atoms with Crippen molar-refractivity contribution < 1.29 is 45.3 Å². The van der Waals surface area contributed by atoms with E-state index in [1.165, 1.54) is 21.5 Å². The number of piperidine rings is 2. The molecule has 472 valence electrons. The zero-order valence-electron chi connectivity index (χ0n) is 50.4. The van der Waals surface area contributed by atoms with E-state index in [0.717, 1.165) is 90.4 Å². The number of anilines is 2. The summed E-state index contributed by atoms with van der Waals surface area (Å²) in [5.41, 5.74) is -0.389. The van der Waals surface area contributed by atoms with E-state index in [-0.39, 0.29) is 104 Å². The number of halogens is 8. The number of aryl methyl sites for hydroxylation is 2. The first-order chi connectivity index (χ1) is 43.4. The summed E-state index contributed by atoms with van der Waals surface area (Å²) >= 11 is 14.2. The summed E-state index contributed by atoms with van der Waals surface area (Å²) in [5, 5.41) is 10.6. The summed E-state index contributed by atoms with van der Waals surface area (Å²) in [7, 11) is 3.36. The van der Waals surface area contributed by atoms with Crippen molar-refractivity contribution in [3.63, 3.8) is 0 Å². The van der Waals surface area contributed by atoms with E-state index < -0.39 is 46.7 Å². The summed E-state index contributed by atoms with van der Waals surface area (Å²) in [6, 6.07) is 5.83. The second-order valence-electron chi connectivity index (χ2n) is 27.6. The number of benzene rings is 4. The van der Waals surface area contributed by atoms with E-state index in [1.807, 2.05) is 13.8 Å². The number of hydrogen-bond acceptors (Lipinski definition) is 14. The molecule has 10 aliphatic rings. The van der Waals surface area contributed by atoms with Crippen LogP contribution < -0.4 is 28.7 Å². The first-order valence-electron chi connectivity index (χ1n) is 32.0. The lowest BCUT2D eigenvalue weighted by molar-refractivity contribution is 0.107. The maximum Gasteiger partial charge on any atom is 0.319 e. The number of nitrogens with zero attached hydrogens (tertiary/aromatic N) is 12. The number of alkyl halides is 2. The van der Waals surface area contributed by atoms with Crippen molar-refractivity contribution in [1.82, 2.24) is 49.3 Å². The molecule has 8 fully saturated rings. The number of ether oxygens (including phenoxy) is 4. The Hall–Kier alpha value is -6.62. The molecule has 2 saturated carbocycles. The molecule has 0 radical (unpaired) electrons. The van der Waals surface area contributed by atoms with Crippen molar-refractivity contribution in [2.24, 2.45) is 37.8 Å². The molecule has 12 atom stereocenters. The third kappa shape index (κ3) is 8.59. The highest BCUT2D eigenvalue weighted by molar-refractivity contribution is 6.38. The van der Waals surface area contributed by atoms with Crippen LogP contribution in [0.2, 0.25) is 10.0 Å². The van der Waals surface area contributed by atoms with Gasteiger partial charge in [0.2, 0.25) is 0 Å². The maximum atomic E-state index is 17.1. The smallest absolute Gasteiger partial charge is 0.319 e. The van der Waals surface area contributed by atoms with Crippen molar-refractivity contribution >= 4 is 78.4 Å². The van der Waals surface area contributed by atoms with Gasteiger partial charge in [-0.1, -0.05) is 23.2 Å². The van der Waals surface area contributed by atoms with Gasteiger partial charge in [0.1, 0.15) is 72.1 Å². The van der Waals surface area contributed by atoms with Crippen LogP contribution in [-0.4, -0.2) is 149 Å². The predicted molar refractivity (Wildman–Crippen MR) is 330 cm³/mol. The second-order valence-corrected chi connectivity index (χ2v) is 28.3. The molecule has 6 saturated heterocycles. The van der Waals surface area contributed by atoms with Gasteiger partial charge in [-0.25, -0.2) is 26.3 Å². The van der Waals surface area contributed by atoms with Crippen molar-refractivity contribution in [3.8, 4) is 45.8 Å². The van der Waals surface area contributed by atoms with Crippen LogP contribution in [0.1, 0.15) is 90.9 Å². The Balaban J connectivity index is 0.000000139. The minimum absolute atomic E-state index is 0.00603. The number of fused-ring (bicyclic) bond motifs is 14. The molecule has 12 heterocycles. The lowest BCUT2D eigenvalue weighted by Gasteiger charge is -2.42. The SMILES string of the molecule is C[C@@H]1Oc2c(Cl)c(-c3c(F)ccc4cnn(C)c34)c(F)c3nc(OC[C@@]45CCCN4C[C@H](F)C5)nc(c23)N2C[C@H]3CC[C@H](C3)[C@@H]12.C[C@@H]1Oc2c(Cl)c(-c3c(F)ccc4cnn(C)c34)c(F)c3nc(OC[C@@]45CCCN4C[C@H](F)C5)nc(c23)N2C[C@H]3CC[C@H](C3)[C@@H]12. The van der Waals surface area contributed by atoms with Crippen LogP contribution in [-0.2, 0) is 14.1 Å². The molecule has 2 aliphatic carbocycles. The van der Waals surface area contributed by atoms with Crippen LogP contribution in [0.15, 0.2) is 36.7 Å². The molecule has 24 heteroatoms. The topological polar surface area (TPSA) is 137 Å². The summed E-state index contributed by atoms with van der Waals surface area (Å²) in [4.78, 5) is 28.0. The minimum atomic E-state index is -0.909. The van der Waals surface area contributed by atoms with Crippen LogP contribution >= 0.6 is 23.2 Å². The van der Waals surface area contributed by atoms with Gasteiger partial charge in [-0.3, -0.25) is 19.2 Å². The van der Waals surface area contributed by atoms with E-state index in [1.54, 1.807) is 38.6 Å². The molecular weight excluding hydrogens is 1210 g/mol. The van der Waals surface area contributed by atoms with Gasteiger partial charge in [-0.15, -0.1) is 0 Å². The fourth-order valence-corrected chi connectivity index (χ4v) is 19.3. The van der Waals surface area contributed by atoms with Gasteiger partial charge in [0.15, 0.2) is 23.1 Å². The van der Waals surface area contributed by atoms with Gasteiger partial charge in [0.25, 0.3) is 0 Å². The van der Waals surface area contributed by atoms with Gasteiger partial charge in [-0.05, 0) is 139 Å². The lowest BCUT2D eigenvalue weighted by Crippen LogP contribution is -2.52. The number of aromatic nitrogens is 8. The quantitative estimate of drug-likeness (QED) is 0.133. The van der Waals surface area contributed by atoms with Crippen LogP contribution in [0.3, 0.4) is 0 Å². The molecule has 0 spiro atoms. The van der Waals surface area contributed by atoms with E-state index in [0.29, 0.717) is 93.8 Å². The molecular formula is C66H68Cl2F6N12O4. The monoisotopic (exact) mass is 1280 g/mol. The van der Waals surface area contributed by atoms with Crippen LogP contribution in [0.4, 0.5) is 38.0 Å². The molecule has 18 rings (SSSR count). The maximum absolute atomic E-state index is 17.1. The van der Waals surface area contributed by atoms with Gasteiger partial charge in [0.05, 0.1) is 67.4 Å². The Morgan fingerprint density at radius 2 is 1.01 bits per heavy atom. The van der Waals surface area contributed by atoms with E-state index in [4.69, 9.17) is 52.1 Å². The summed E-state index contributed by atoms with van der Waals surface area (Å²) in [6.45, 7) is 8.39. The lowest BCUT2D eigenvalue weighted by atomic mass is 9.87. The van der Waals surface area contributed by atoms with Gasteiger partial charge < -0.3 is 28.7 Å². The highest BCUT2D eigenvalue weighted by atomic mass is 35.5. The second kappa shape index (κ2) is 20.9.